The minimum Gasteiger partial charge on any atom is -0.480 e. The predicted molar refractivity (Wildman–Crippen MR) is 55.6 cm³/mol. The van der Waals surface area contributed by atoms with Gasteiger partial charge in [-0.25, -0.2) is 9.59 Å². The lowest BCUT2D eigenvalue weighted by molar-refractivity contribution is -0.146. The summed E-state index contributed by atoms with van der Waals surface area (Å²) in [4.78, 5) is 23.7. The lowest BCUT2D eigenvalue weighted by Gasteiger charge is -2.31. The van der Waals surface area contributed by atoms with Crippen molar-refractivity contribution < 1.29 is 14.7 Å². The smallest absolute Gasteiger partial charge is 0.329 e. The molecule has 1 fully saturated rings. The number of carboxylic acid groups (broad SMARTS) is 1. The van der Waals surface area contributed by atoms with Crippen molar-refractivity contribution in [2.75, 3.05) is 13.6 Å². The number of likely N-dealkylation sites (N-methyl/N-ethyl adjacent to an activating group) is 1. The minimum absolute atomic E-state index is 0.325. The van der Waals surface area contributed by atoms with Gasteiger partial charge in [0.05, 0.1) is 0 Å². The molecule has 0 aromatic heterocycles. The molecule has 2 N–H and O–H groups in total. The Morgan fingerprint density at radius 3 is 2.40 bits per heavy atom. The second kappa shape index (κ2) is 4.08. The summed E-state index contributed by atoms with van der Waals surface area (Å²) in [6.07, 6.45) is 2.32. The van der Waals surface area contributed by atoms with Gasteiger partial charge < -0.3 is 15.3 Å². The molecule has 0 aromatic rings. The normalized spacial score (nSPS) is 15.9. The average molecular weight is 214 g/mol. The summed E-state index contributed by atoms with van der Waals surface area (Å²) in [6, 6.07) is -0.325. The molecule has 0 radical (unpaired) electrons. The third-order valence-corrected chi connectivity index (χ3v) is 2.91. The van der Waals surface area contributed by atoms with Crippen molar-refractivity contribution in [3.8, 4) is 0 Å². The number of nitrogens with one attached hydrogen (secondary N) is 1. The topological polar surface area (TPSA) is 69.6 Å². The molecular weight excluding hydrogens is 196 g/mol. The Morgan fingerprint density at radius 2 is 2.00 bits per heavy atom. The molecule has 0 atom stereocenters. The van der Waals surface area contributed by atoms with Gasteiger partial charge in [-0.3, -0.25) is 0 Å². The van der Waals surface area contributed by atoms with Crippen LogP contribution in [0.1, 0.15) is 26.7 Å². The number of carboxylic acids is 1. The van der Waals surface area contributed by atoms with Crippen LogP contribution in [0.3, 0.4) is 0 Å². The fourth-order valence-corrected chi connectivity index (χ4v) is 1.07. The second-order valence-corrected chi connectivity index (χ2v) is 4.55. The predicted octanol–water partition coefficient (Wildman–Crippen LogP) is 0.901. The van der Waals surface area contributed by atoms with Crippen molar-refractivity contribution in [2.45, 2.75) is 32.2 Å². The zero-order chi connectivity index (χ0) is 11.6. The van der Waals surface area contributed by atoms with Crippen LogP contribution in [0, 0.1) is 5.92 Å². The zero-order valence-corrected chi connectivity index (χ0v) is 9.41. The molecule has 0 spiro atoms. The number of aliphatic carboxylic acids is 1. The number of urea groups is 1. The molecule has 0 saturated heterocycles. The first-order valence-corrected chi connectivity index (χ1v) is 5.10. The number of carbonyl (C=O) groups is 2. The summed E-state index contributed by atoms with van der Waals surface area (Å²) in [5.74, 6) is -0.415. The number of amides is 2. The van der Waals surface area contributed by atoms with Crippen LogP contribution in [0.4, 0.5) is 4.79 Å². The van der Waals surface area contributed by atoms with Crippen LogP contribution in [0.15, 0.2) is 0 Å². The van der Waals surface area contributed by atoms with Gasteiger partial charge in [-0.15, -0.1) is 0 Å². The largest absolute Gasteiger partial charge is 0.480 e. The Hall–Kier alpha value is -1.26. The SMILES string of the molecule is CN(C(=O)NCC1CC1)C(C)(C)C(=O)O. The monoisotopic (exact) mass is 214 g/mol. The van der Waals surface area contributed by atoms with Crippen LogP contribution in [-0.2, 0) is 4.79 Å². The van der Waals surface area contributed by atoms with Crippen molar-refractivity contribution in [3.63, 3.8) is 0 Å². The quantitative estimate of drug-likeness (QED) is 0.730. The van der Waals surface area contributed by atoms with Crippen molar-refractivity contribution >= 4 is 12.0 Å². The van der Waals surface area contributed by atoms with Crippen molar-refractivity contribution in [1.82, 2.24) is 10.2 Å². The van der Waals surface area contributed by atoms with Crippen molar-refractivity contribution in [1.29, 1.82) is 0 Å². The maximum Gasteiger partial charge on any atom is 0.329 e. The Balaban J connectivity index is 2.46. The molecule has 5 heteroatoms. The van der Waals surface area contributed by atoms with Crippen molar-refractivity contribution in [2.24, 2.45) is 5.92 Å². The van der Waals surface area contributed by atoms with Gasteiger partial charge in [0.25, 0.3) is 0 Å². The number of carbonyl (C=O) groups excluding carboxylic acids is 1. The van der Waals surface area contributed by atoms with Crippen molar-refractivity contribution in [3.05, 3.63) is 0 Å². The number of hydrogen-bond acceptors (Lipinski definition) is 2. The first-order chi connectivity index (χ1) is 6.85. The number of nitrogens with zero attached hydrogens (tertiary/aromatic N) is 1. The molecule has 5 nitrogen and oxygen atoms in total. The minimum atomic E-state index is -1.17. The molecular formula is C10H18N2O3. The maximum absolute atomic E-state index is 11.6. The van der Waals surface area contributed by atoms with Gasteiger partial charge >= 0.3 is 12.0 Å². The average Bonchev–Trinajstić information content (AvgIpc) is 2.96. The van der Waals surface area contributed by atoms with E-state index in [0.29, 0.717) is 12.5 Å². The van der Waals surface area contributed by atoms with Crippen LogP contribution < -0.4 is 5.32 Å². The first-order valence-electron chi connectivity index (χ1n) is 5.10. The van der Waals surface area contributed by atoms with E-state index in [2.05, 4.69) is 5.32 Å². The number of rotatable bonds is 4. The third-order valence-electron chi connectivity index (χ3n) is 2.91. The fourth-order valence-electron chi connectivity index (χ4n) is 1.07. The molecule has 0 bridgehead atoms. The summed E-state index contributed by atoms with van der Waals surface area (Å²) < 4.78 is 0. The van der Waals surface area contributed by atoms with Crippen LogP contribution in [0.25, 0.3) is 0 Å². The van der Waals surface area contributed by atoms with E-state index in [0.717, 1.165) is 12.8 Å². The highest BCUT2D eigenvalue weighted by Crippen LogP contribution is 2.27. The molecule has 2 amide bonds. The summed E-state index contributed by atoms with van der Waals surface area (Å²) >= 11 is 0. The van der Waals surface area contributed by atoms with Crippen LogP contribution in [-0.4, -0.2) is 41.1 Å². The van der Waals surface area contributed by atoms with E-state index in [1.807, 2.05) is 0 Å². The molecule has 0 unspecified atom stereocenters. The molecule has 0 aromatic carbocycles. The molecule has 86 valence electrons. The summed E-state index contributed by atoms with van der Waals surface area (Å²) in [5, 5.41) is 11.7. The number of hydrogen-bond donors (Lipinski definition) is 2. The van der Waals surface area contributed by atoms with E-state index in [9.17, 15) is 9.59 Å². The van der Waals surface area contributed by atoms with E-state index >= 15 is 0 Å². The fraction of sp³-hybridized carbons (Fsp3) is 0.800. The van der Waals surface area contributed by atoms with Crippen LogP contribution in [0.2, 0.25) is 0 Å². The van der Waals surface area contributed by atoms with Gasteiger partial charge in [-0.2, -0.15) is 0 Å². The van der Waals surface area contributed by atoms with Gasteiger partial charge in [-0.1, -0.05) is 0 Å². The molecule has 1 saturated carbocycles. The van der Waals surface area contributed by atoms with E-state index in [4.69, 9.17) is 5.11 Å². The Bertz CT molecular complexity index is 272. The summed E-state index contributed by atoms with van der Waals surface area (Å²) in [6.45, 7) is 3.66. The molecule has 0 heterocycles. The van der Waals surface area contributed by atoms with E-state index < -0.39 is 11.5 Å². The maximum atomic E-state index is 11.6. The summed E-state index contributed by atoms with van der Waals surface area (Å²) in [5.41, 5.74) is -1.17. The van der Waals surface area contributed by atoms with E-state index in [1.54, 1.807) is 0 Å². The third kappa shape index (κ3) is 2.84. The van der Waals surface area contributed by atoms with Gasteiger partial charge in [0.15, 0.2) is 0 Å². The Labute approximate surface area is 89.4 Å². The van der Waals surface area contributed by atoms with Gasteiger partial charge in [-0.05, 0) is 32.6 Å². The summed E-state index contributed by atoms with van der Waals surface area (Å²) in [7, 11) is 1.50. The standard InChI is InChI=1S/C10H18N2O3/c1-10(2,8(13)14)12(3)9(15)11-6-7-4-5-7/h7H,4-6H2,1-3H3,(H,11,15)(H,13,14). The molecule has 1 rings (SSSR count). The van der Waals surface area contributed by atoms with E-state index in [1.165, 1.54) is 25.8 Å². The lowest BCUT2D eigenvalue weighted by atomic mass is 10.1. The highest BCUT2D eigenvalue weighted by molar-refractivity contribution is 5.85. The van der Waals surface area contributed by atoms with E-state index in [-0.39, 0.29) is 6.03 Å². The molecule has 0 aliphatic heterocycles. The first kappa shape index (κ1) is 11.8. The highest BCUT2D eigenvalue weighted by Gasteiger charge is 2.35. The zero-order valence-electron chi connectivity index (χ0n) is 9.41. The van der Waals surface area contributed by atoms with Crippen LogP contribution in [0.5, 0.6) is 0 Å². The van der Waals surface area contributed by atoms with Gasteiger partial charge in [0.1, 0.15) is 5.54 Å². The second-order valence-electron chi connectivity index (χ2n) is 4.55. The van der Waals surface area contributed by atoms with Crippen LogP contribution >= 0.6 is 0 Å². The lowest BCUT2D eigenvalue weighted by Crippen LogP contribution is -2.54. The Kier molecular flexibility index (Phi) is 3.21. The molecule has 1 aliphatic rings. The Morgan fingerprint density at radius 1 is 1.47 bits per heavy atom. The molecule has 1 aliphatic carbocycles. The molecule has 15 heavy (non-hydrogen) atoms. The van der Waals surface area contributed by atoms with Gasteiger partial charge in [0, 0.05) is 13.6 Å². The highest BCUT2D eigenvalue weighted by atomic mass is 16.4. The van der Waals surface area contributed by atoms with Gasteiger partial charge in [0.2, 0.25) is 0 Å².